The maximum Gasteiger partial charge on any atom is 0.339 e. The molecular formula is C8H8O4. The molecule has 12 heavy (non-hydrogen) atoms. The van der Waals surface area contributed by atoms with Crippen molar-refractivity contribution in [2.75, 3.05) is 7.11 Å². The molecule has 0 unspecified atom stereocenters. The number of hydrogen-bond donors (Lipinski definition) is 0. The van der Waals surface area contributed by atoms with Crippen molar-refractivity contribution in [3.8, 4) is 0 Å². The Kier molecular flexibility index (Phi) is 2.28. The van der Waals surface area contributed by atoms with Crippen LogP contribution in [0.4, 0.5) is 0 Å². The largest absolute Gasteiger partial charge is 0.466 e. The molecule has 1 aliphatic rings. The molecule has 0 N–H and O–H groups in total. The van der Waals surface area contributed by atoms with E-state index in [4.69, 9.17) is 0 Å². The summed E-state index contributed by atoms with van der Waals surface area (Å²) in [5.41, 5.74) is 0.477. The highest BCUT2D eigenvalue weighted by molar-refractivity contribution is 5.94. The van der Waals surface area contributed by atoms with Gasteiger partial charge < -0.3 is 9.47 Å². The summed E-state index contributed by atoms with van der Waals surface area (Å²) in [6, 6.07) is 0. The maximum atomic E-state index is 10.8. The molecule has 4 heteroatoms. The van der Waals surface area contributed by atoms with E-state index in [1.54, 1.807) is 6.92 Å². The minimum Gasteiger partial charge on any atom is -0.466 e. The second-order valence-corrected chi connectivity index (χ2v) is 2.29. The smallest absolute Gasteiger partial charge is 0.339 e. The second kappa shape index (κ2) is 3.21. The molecule has 1 rings (SSSR count). The van der Waals surface area contributed by atoms with Crippen LogP contribution in [0.1, 0.15) is 6.92 Å². The molecule has 0 fully saturated rings. The van der Waals surface area contributed by atoms with Gasteiger partial charge in [-0.15, -0.1) is 0 Å². The van der Waals surface area contributed by atoms with Crippen LogP contribution in [0.5, 0.6) is 0 Å². The highest BCUT2D eigenvalue weighted by Crippen LogP contribution is 2.15. The molecule has 0 radical (unpaired) electrons. The van der Waals surface area contributed by atoms with Crippen LogP contribution in [-0.4, -0.2) is 19.0 Å². The molecule has 64 valence electrons. The van der Waals surface area contributed by atoms with Crippen molar-refractivity contribution in [3.05, 3.63) is 23.5 Å². The summed E-state index contributed by atoms with van der Waals surface area (Å²) in [5.74, 6) is -0.738. The normalized spacial score (nSPS) is 19.0. The van der Waals surface area contributed by atoms with Gasteiger partial charge in [-0.3, -0.25) is 0 Å². The number of carbonyl (C=O) groups excluding carboxylic acids is 2. The number of esters is 2. The van der Waals surface area contributed by atoms with E-state index in [9.17, 15) is 9.59 Å². The lowest BCUT2D eigenvalue weighted by molar-refractivity contribution is -0.135. The summed E-state index contributed by atoms with van der Waals surface area (Å²) >= 11 is 0. The predicted octanol–water partition coefficient (Wildman–Crippen LogP) is 0.546. The molecule has 0 aromatic carbocycles. The van der Waals surface area contributed by atoms with E-state index in [1.807, 2.05) is 0 Å². The van der Waals surface area contributed by atoms with Gasteiger partial charge >= 0.3 is 11.9 Å². The van der Waals surface area contributed by atoms with Crippen LogP contribution in [0.15, 0.2) is 23.5 Å². The fourth-order valence-electron chi connectivity index (χ4n) is 0.736. The molecule has 0 spiro atoms. The Balaban J connectivity index is 2.75. The van der Waals surface area contributed by atoms with Gasteiger partial charge in [0, 0.05) is 5.57 Å². The van der Waals surface area contributed by atoms with Crippen LogP contribution in [0.3, 0.4) is 0 Å². The molecule has 0 saturated heterocycles. The lowest BCUT2D eigenvalue weighted by Crippen LogP contribution is -1.99. The van der Waals surface area contributed by atoms with E-state index in [-0.39, 0.29) is 5.76 Å². The number of carbonyl (C=O) groups is 2. The Bertz CT molecular complexity index is 285. The van der Waals surface area contributed by atoms with Crippen molar-refractivity contribution < 1.29 is 19.1 Å². The lowest BCUT2D eigenvalue weighted by atomic mass is 10.3. The van der Waals surface area contributed by atoms with Crippen molar-refractivity contribution in [2.45, 2.75) is 6.92 Å². The Morgan fingerprint density at radius 3 is 2.75 bits per heavy atom. The third-order valence-electron chi connectivity index (χ3n) is 1.35. The number of ether oxygens (including phenoxy) is 2. The van der Waals surface area contributed by atoms with Crippen LogP contribution in [0.25, 0.3) is 0 Å². The number of allylic oxidation sites excluding steroid dienone is 1. The van der Waals surface area contributed by atoms with E-state index >= 15 is 0 Å². The summed E-state index contributed by atoms with van der Waals surface area (Å²) in [7, 11) is 1.26. The zero-order chi connectivity index (χ0) is 9.14. The molecule has 1 aliphatic heterocycles. The molecule has 0 aromatic heterocycles. The highest BCUT2D eigenvalue weighted by Gasteiger charge is 2.17. The van der Waals surface area contributed by atoms with Crippen molar-refractivity contribution >= 4 is 11.9 Å². The fourth-order valence-corrected chi connectivity index (χ4v) is 0.736. The Morgan fingerprint density at radius 2 is 2.33 bits per heavy atom. The standard InChI is InChI=1S/C8H8O4/c1-5-3-6(12-8(5)10)4-7(9)11-2/h3-4H,1-2H3/b6-4+. The van der Waals surface area contributed by atoms with Crippen molar-refractivity contribution in [3.63, 3.8) is 0 Å². The number of methoxy groups -OCH3 is 1. The highest BCUT2D eigenvalue weighted by atomic mass is 16.5. The van der Waals surface area contributed by atoms with Crippen molar-refractivity contribution in [1.82, 2.24) is 0 Å². The molecular weight excluding hydrogens is 160 g/mol. The van der Waals surface area contributed by atoms with Gasteiger partial charge in [0.1, 0.15) is 5.76 Å². The SMILES string of the molecule is COC(=O)/C=C1\C=C(C)C(=O)O1. The number of hydrogen-bond acceptors (Lipinski definition) is 4. The van der Waals surface area contributed by atoms with Crippen molar-refractivity contribution in [1.29, 1.82) is 0 Å². The molecule has 0 amide bonds. The fraction of sp³-hybridized carbons (Fsp3) is 0.250. The van der Waals surface area contributed by atoms with E-state index in [0.717, 1.165) is 6.08 Å². The van der Waals surface area contributed by atoms with Gasteiger partial charge in [0.2, 0.25) is 0 Å². The molecule has 0 aliphatic carbocycles. The van der Waals surface area contributed by atoms with Crippen molar-refractivity contribution in [2.24, 2.45) is 0 Å². The van der Waals surface area contributed by atoms with Gasteiger partial charge in [-0.05, 0) is 13.0 Å². The molecule has 0 saturated carbocycles. The quantitative estimate of drug-likeness (QED) is 0.423. The second-order valence-electron chi connectivity index (χ2n) is 2.29. The number of rotatable bonds is 1. The molecule has 0 aromatic rings. The van der Waals surface area contributed by atoms with E-state index in [2.05, 4.69) is 9.47 Å². The predicted molar refractivity (Wildman–Crippen MR) is 39.9 cm³/mol. The Morgan fingerprint density at radius 1 is 1.67 bits per heavy atom. The van der Waals surface area contributed by atoms with Gasteiger partial charge in [-0.25, -0.2) is 9.59 Å². The molecule has 0 bridgehead atoms. The average Bonchev–Trinajstić information content (AvgIpc) is 2.31. The van der Waals surface area contributed by atoms with Crippen LogP contribution >= 0.6 is 0 Å². The summed E-state index contributed by atoms with van der Waals surface area (Å²) in [6.07, 6.45) is 2.60. The first-order chi connectivity index (χ1) is 5.63. The molecule has 4 nitrogen and oxygen atoms in total. The zero-order valence-electron chi connectivity index (χ0n) is 6.79. The first kappa shape index (κ1) is 8.52. The summed E-state index contributed by atoms with van der Waals surface area (Å²) in [6.45, 7) is 1.61. The maximum absolute atomic E-state index is 10.8. The average molecular weight is 168 g/mol. The van der Waals surface area contributed by atoms with Gasteiger partial charge in [-0.2, -0.15) is 0 Å². The van der Waals surface area contributed by atoms with Gasteiger partial charge in [0.25, 0.3) is 0 Å². The van der Waals surface area contributed by atoms with E-state index in [0.29, 0.717) is 5.57 Å². The summed E-state index contributed by atoms with van der Waals surface area (Å²) in [5, 5.41) is 0. The van der Waals surface area contributed by atoms with Crippen LogP contribution in [0, 0.1) is 0 Å². The van der Waals surface area contributed by atoms with Gasteiger partial charge in [0.15, 0.2) is 0 Å². The lowest BCUT2D eigenvalue weighted by Gasteiger charge is -1.94. The Hall–Kier alpha value is -1.58. The van der Waals surface area contributed by atoms with Gasteiger partial charge in [-0.1, -0.05) is 0 Å². The van der Waals surface area contributed by atoms with Crippen LogP contribution in [-0.2, 0) is 19.1 Å². The summed E-state index contributed by atoms with van der Waals surface area (Å²) < 4.78 is 9.02. The topological polar surface area (TPSA) is 52.6 Å². The minimum atomic E-state index is -0.538. The third-order valence-corrected chi connectivity index (χ3v) is 1.35. The number of cyclic esters (lactones) is 1. The zero-order valence-corrected chi connectivity index (χ0v) is 6.79. The van der Waals surface area contributed by atoms with Crippen LogP contribution in [0.2, 0.25) is 0 Å². The third kappa shape index (κ3) is 1.72. The monoisotopic (exact) mass is 168 g/mol. The summed E-state index contributed by atoms with van der Waals surface area (Å²) in [4.78, 5) is 21.4. The van der Waals surface area contributed by atoms with Crippen LogP contribution < -0.4 is 0 Å². The minimum absolute atomic E-state index is 0.226. The molecule has 0 atom stereocenters. The van der Waals surface area contributed by atoms with E-state index in [1.165, 1.54) is 13.2 Å². The molecule has 1 heterocycles. The first-order valence-electron chi connectivity index (χ1n) is 3.33. The van der Waals surface area contributed by atoms with Gasteiger partial charge in [0.05, 0.1) is 13.2 Å². The first-order valence-corrected chi connectivity index (χ1v) is 3.33. The Labute approximate surface area is 69.5 Å². The van der Waals surface area contributed by atoms with E-state index < -0.39 is 11.9 Å².